The van der Waals surface area contributed by atoms with Gasteiger partial charge in [0.1, 0.15) is 18.0 Å². The molecule has 0 saturated heterocycles. The second-order valence-electron chi connectivity index (χ2n) is 5.84. The Morgan fingerprint density at radius 1 is 1.40 bits per heavy atom. The molecule has 3 aromatic heterocycles. The van der Waals surface area contributed by atoms with Gasteiger partial charge < -0.3 is 5.73 Å². The molecule has 1 unspecified atom stereocenters. The summed E-state index contributed by atoms with van der Waals surface area (Å²) in [7, 11) is 0. The van der Waals surface area contributed by atoms with E-state index in [1.54, 1.807) is 29.3 Å². The molecule has 0 aliphatic carbocycles. The van der Waals surface area contributed by atoms with Crippen LogP contribution >= 0.6 is 11.6 Å². The summed E-state index contributed by atoms with van der Waals surface area (Å²) in [4.78, 5) is 24.4. The zero-order chi connectivity index (χ0) is 17.4. The highest BCUT2D eigenvalue weighted by atomic mass is 35.5. The Labute approximate surface area is 147 Å². The molecule has 3 aromatic rings. The summed E-state index contributed by atoms with van der Waals surface area (Å²) in [5.41, 5.74) is 5.29. The molecule has 1 amide bonds. The van der Waals surface area contributed by atoms with Gasteiger partial charge in [-0.05, 0) is 18.6 Å². The van der Waals surface area contributed by atoms with E-state index in [0.29, 0.717) is 29.0 Å². The average molecular weight is 359 g/mol. The summed E-state index contributed by atoms with van der Waals surface area (Å²) < 4.78 is 3.47. The molecule has 1 aliphatic rings. The fourth-order valence-corrected chi connectivity index (χ4v) is 3.20. The van der Waals surface area contributed by atoms with E-state index >= 15 is 0 Å². The standard InChI is InChI=1S/C15H15ClN8O/c16-10-2-1-5-18-15(10)24-14(21-12(22-24)6-11(17)25)9-3-4-13-19-8-20-23(13)7-9/h1-2,5,8-9H,3-4,6-7H2,(H2,17,25). The first-order chi connectivity index (χ1) is 12.1. The number of carbonyl (C=O) groups excluding carboxylic acids is 1. The molecule has 0 saturated carbocycles. The summed E-state index contributed by atoms with van der Waals surface area (Å²) in [5.74, 6) is 2.05. The third-order valence-corrected chi connectivity index (χ3v) is 4.41. The van der Waals surface area contributed by atoms with Gasteiger partial charge in [0.05, 0.1) is 18.0 Å². The Bertz CT molecular complexity index is 933. The molecule has 128 valence electrons. The van der Waals surface area contributed by atoms with Gasteiger partial charge in [0, 0.05) is 18.5 Å². The summed E-state index contributed by atoms with van der Waals surface area (Å²) in [6, 6.07) is 3.48. The number of nitrogens with zero attached hydrogens (tertiary/aromatic N) is 7. The van der Waals surface area contributed by atoms with Gasteiger partial charge in [-0.2, -0.15) is 9.78 Å². The van der Waals surface area contributed by atoms with Gasteiger partial charge in [0.15, 0.2) is 11.6 Å². The van der Waals surface area contributed by atoms with E-state index in [-0.39, 0.29) is 12.3 Å². The van der Waals surface area contributed by atoms with E-state index in [2.05, 4.69) is 25.1 Å². The molecule has 0 aromatic carbocycles. The monoisotopic (exact) mass is 358 g/mol. The van der Waals surface area contributed by atoms with Gasteiger partial charge in [0.2, 0.25) is 5.91 Å². The largest absolute Gasteiger partial charge is 0.369 e. The third-order valence-electron chi connectivity index (χ3n) is 4.12. The molecule has 4 heterocycles. The predicted octanol–water partition coefficient (Wildman–Crippen LogP) is 0.665. The number of nitrogens with two attached hydrogens (primary N) is 1. The molecule has 0 fully saturated rings. The van der Waals surface area contributed by atoms with Crippen molar-refractivity contribution in [3.63, 3.8) is 0 Å². The molecule has 1 atom stereocenters. The number of fused-ring (bicyclic) bond motifs is 1. The SMILES string of the molecule is NC(=O)Cc1nc(C2CCc3ncnn3C2)n(-c2ncccc2Cl)n1. The molecular formula is C15H15ClN8O. The Hall–Kier alpha value is -2.81. The van der Waals surface area contributed by atoms with Crippen LogP contribution in [-0.4, -0.2) is 40.4 Å². The van der Waals surface area contributed by atoms with Crippen molar-refractivity contribution in [2.75, 3.05) is 0 Å². The van der Waals surface area contributed by atoms with E-state index in [1.165, 1.54) is 0 Å². The lowest BCUT2D eigenvalue weighted by Crippen LogP contribution is -2.23. The van der Waals surface area contributed by atoms with Crippen LogP contribution in [0.5, 0.6) is 0 Å². The molecule has 0 spiro atoms. The topological polar surface area (TPSA) is 117 Å². The number of carbonyl (C=O) groups is 1. The maximum Gasteiger partial charge on any atom is 0.225 e. The lowest BCUT2D eigenvalue weighted by atomic mass is 9.99. The van der Waals surface area contributed by atoms with Crippen LogP contribution in [0.2, 0.25) is 5.02 Å². The number of aryl methyl sites for hydroxylation is 1. The van der Waals surface area contributed by atoms with E-state index in [9.17, 15) is 4.79 Å². The smallest absolute Gasteiger partial charge is 0.225 e. The van der Waals surface area contributed by atoms with Crippen molar-refractivity contribution in [1.82, 2.24) is 34.5 Å². The van der Waals surface area contributed by atoms with E-state index < -0.39 is 5.91 Å². The maximum absolute atomic E-state index is 11.3. The van der Waals surface area contributed by atoms with Crippen LogP contribution in [0.3, 0.4) is 0 Å². The zero-order valence-corrected chi connectivity index (χ0v) is 14.0. The van der Waals surface area contributed by atoms with Gasteiger partial charge in [-0.1, -0.05) is 11.6 Å². The first-order valence-electron chi connectivity index (χ1n) is 7.83. The fraction of sp³-hybridized carbons (Fsp3) is 0.333. The Morgan fingerprint density at radius 2 is 2.28 bits per heavy atom. The first-order valence-corrected chi connectivity index (χ1v) is 8.21. The van der Waals surface area contributed by atoms with Gasteiger partial charge in [-0.3, -0.25) is 4.79 Å². The molecule has 0 bridgehead atoms. The van der Waals surface area contributed by atoms with Gasteiger partial charge in [-0.25, -0.2) is 19.6 Å². The van der Waals surface area contributed by atoms with Crippen molar-refractivity contribution in [3.05, 3.63) is 47.2 Å². The van der Waals surface area contributed by atoms with Crippen molar-refractivity contribution >= 4 is 17.5 Å². The summed E-state index contributed by atoms with van der Waals surface area (Å²) >= 11 is 6.28. The molecule has 2 N–H and O–H groups in total. The van der Waals surface area contributed by atoms with Crippen LogP contribution in [0.1, 0.15) is 29.8 Å². The van der Waals surface area contributed by atoms with Crippen LogP contribution in [-0.2, 0) is 24.2 Å². The number of rotatable bonds is 4. The Kier molecular flexibility index (Phi) is 3.92. The molecule has 4 rings (SSSR count). The number of pyridine rings is 1. The molecule has 1 aliphatic heterocycles. The second kappa shape index (κ2) is 6.25. The zero-order valence-electron chi connectivity index (χ0n) is 13.2. The van der Waals surface area contributed by atoms with Crippen molar-refractivity contribution in [1.29, 1.82) is 0 Å². The number of primary amides is 1. The Balaban J connectivity index is 1.77. The molecular weight excluding hydrogens is 344 g/mol. The van der Waals surface area contributed by atoms with Crippen LogP contribution < -0.4 is 5.73 Å². The minimum atomic E-state index is -0.488. The van der Waals surface area contributed by atoms with E-state index in [1.807, 2.05) is 4.68 Å². The lowest BCUT2D eigenvalue weighted by molar-refractivity contribution is -0.117. The highest BCUT2D eigenvalue weighted by Gasteiger charge is 2.28. The molecule has 0 radical (unpaired) electrons. The van der Waals surface area contributed by atoms with Crippen LogP contribution in [0.4, 0.5) is 0 Å². The minimum Gasteiger partial charge on any atom is -0.369 e. The van der Waals surface area contributed by atoms with Crippen molar-refractivity contribution in [3.8, 4) is 5.82 Å². The number of halogens is 1. The molecule has 9 nitrogen and oxygen atoms in total. The fourth-order valence-electron chi connectivity index (χ4n) is 3.00. The molecule has 25 heavy (non-hydrogen) atoms. The van der Waals surface area contributed by atoms with Gasteiger partial charge in [0.25, 0.3) is 0 Å². The summed E-state index contributed by atoms with van der Waals surface area (Å²) in [6.07, 6.45) is 4.79. The van der Waals surface area contributed by atoms with Crippen molar-refractivity contribution in [2.45, 2.75) is 31.7 Å². The minimum absolute atomic E-state index is 0.0360. The summed E-state index contributed by atoms with van der Waals surface area (Å²) in [6.45, 7) is 0.633. The highest BCUT2D eigenvalue weighted by Crippen LogP contribution is 2.29. The van der Waals surface area contributed by atoms with Crippen molar-refractivity contribution in [2.24, 2.45) is 5.73 Å². The van der Waals surface area contributed by atoms with Gasteiger partial charge in [-0.15, -0.1) is 5.10 Å². The summed E-state index contributed by atoms with van der Waals surface area (Å²) in [5, 5.41) is 9.11. The van der Waals surface area contributed by atoms with E-state index in [0.717, 1.165) is 18.7 Å². The number of hydrogen-bond donors (Lipinski definition) is 1. The predicted molar refractivity (Wildman–Crippen MR) is 88.1 cm³/mol. The third kappa shape index (κ3) is 2.98. The number of aromatic nitrogens is 7. The highest BCUT2D eigenvalue weighted by molar-refractivity contribution is 6.32. The number of amides is 1. The quantitative estimate of drug-likeness (QED) is 0.732. The van der Waals surface area contributed by atoms with Crippen LogP contribution in [0.25, 0.3) is 5.82 Å². The maximum atomic E-state index is 11.3. The average Bonchev–Trinajstić information content (AvgIpc) is 3.20. The molecule has 10 heteroatoms. The van der Waals surface area contributed by atoms with E-state index in [4.69, 9.17) is 17.3 Å². The van der Waals surface area contributed by atoms with Gasteiger partial charge >= 0.3 is 0 Å². The number of hydrogen-bond acceptors (Lipinski definition) is 6. The first kappa shape index (κ1) is 15.7. The van der Waals surface area contributed by atoms with Crippen LogP contribution in [0, 0.1) is 0 Å². The normalized spacial score (nSPS) is 16.6. The second-order valence-corrected chi connectivity index (χ2v) is 6.25. The lowest BCUT2D eigenvalue weighted by Gasteiger charge is -2.22. The van der Waals surface area contributed by atoms with Crippen LogP contribution in [0.15, 0.2) is 24.7 Å². The van der Waals surface area contributed by atoms with Crippen molar-refractivity contribution < 1.29 is 4.79 Å². The Morgan fingerprint density at radius 3 is 3.08 bits per heavy atom.